The molecule has 0 bridgehead atoms. The van der Waals surface area contributed by atoms with E-state index < -0.39 is 6.10 Å². The van der Waals surface area contributed by atoms with Crippen molar-refractivity contribution in [2.24, 2.45) is 13.0 Å². The second-order valence-corrected chi connectivity index (χ2v) is 8.35. The number of ether oxygens (including phenoxy) is 1. The van der Waals surface area contributed by atoms with E-state index in [1.54, 1.807) is 22.2 Å². The Balaban J connectivity index is 1.53. The summed E-state index contributed by atoms with van der Waals surface area (Å²) in [4.78, 5) is 11.3. The van der Waals surface area contributed by atoms with Gasteiger partial charge in [-0.25, -0.2) is 14.6 Å². The number of aromatic nitrogens is 5. The lowest BCUT2D eigenvalue weighted by Crippen LogP contribution is -2.21. The molecule has 0 radical (unpaired) electrons. The lowest BCUT2D eigenvalue weighted by atomic mass is 9.91. The maximum absolute atomic E-state index is 10.9. The summed E-state index contributed by atoms with van der Waals surface area (Å²) in [6, 6.07) is 6.05. The van der Waals surface area contributed by atoms with Crippen molar-refractivity contribution < 1.29 is 9.84 Å². The number of thiophene rings is 1. The van der Waals surface area contributed by atoms with Crippen molar-refractivity contribution >= 4 is 32.7 Å². The van der Waals surface area contributed by atoms with E-state index in [1.807, 2.05) is 19.2 Å². The van der Waals surface area contributed by atoms with Crippen LogP contribution in [0.25, 0.3) is 32.6 Å². The molecule has 1 saturated heterocycles. The fourth-order valence-corrected chi connectivity index (χ4v) is 5.13. The Bertz CT molecular complexity index is 1160. The molecule has 1 aliphatic rings. The average Bonchev–Trinajstić information content (AvgIpc) is 3.27. The van der Waals surface area contributed by atoms with Crippen LogP contribution < -0.4 is 0 Å². The van der Waals surface area contributed by atoms with Gasteiger partial charge in [0.25, 0.3) is 0 Å². The van der Waals surface area contributed by atoms with Gasteiger partial charge < -0.3 is 9.84 Å². The summed E-state index contributed by atoms with van der Waals surface area (Å²) in [5.74, 6) is 0.253. The van der Waals surface area contributed by atoms with Crippen molar-refractivity contribution in [2.45, 2.75) is 25.9 Å². The molecule has 0 spiro atoms. The zero-order valence-electron chi connectivity index (χ0n) is 15.8. The van der Waals surface area contributed by atoms with Gasteiger partial charge in [-0.15, -0.1) is 16.4 Å². The Kier molecular flexibility index (Phi) is 4.34. The third-order valence-electron chi connectivity index (χ3n) is 5.56. The van der Waals surface area contributed by atoms with Crippen LogP contribution in [0.4, 0.5) is 0 Å². The fraction of sp³-hybridized carbons (Fsp3) is 0.400. The molecule has 5 rings (SSSR count). The van der Waals surface area contributed by atoms with E-state index in [2.05, 4.69) is 28.3 Å². The zero-order valence-corrected chi connectivity index (χ0v) is 16.6. The molecule has 5 heterocycles. The molecule has 144 valence electrons. The molecular formula is C20H21N5O2S. The summed E-state index contributed by atoms with van der Waals surface area (Å²) in [7, 11) is 1.83. The second-order valence-electron chi connectivity index (χ2n) is 7.31. The second kappa shape index (κ2) is 6.88. The molecule has 4 aromatic rings. The van der Waals surface area contributed by atoms with Gasteiger partial charge in [-0.05, 0) is 49.4 Å². The Morgan fingerprint density at radius 2 is 2.11 bits per heavy atom. The van der Waals surface area contributed by atoms with E-state index in [1.165, 1.54) is 0 Å². The van der Waals surface area contributed by atoms with Gasteiger partial charge in [-0.3, -0.25) is 0 Å². The molecule has 1 fully saturated rings. The van der Waals surface area contributed by atoms with Crippen molar-refractivity contribution in [1.82, 2.24) is 25.0 Å². The predicted octanol–water partition coefficient (Wildman–Crippen LogP) is 3.41. The number of aliphatic hydroxyl groups excluding tert-OH is 1. The van der Waals surface area contributed by atoms with E-state index in [-0.39, 0.29) is 5.92 Å². The summed E-state index contributed by atoms with van der Waals surface area (Å²) >= 11 is 1.59. The summed E-state index contributed by atoms with van der Waals surface area (Å²) in [5.41, 5.74) is 4.38. The Morgan fingerprint density at radius 1 is 1.29 bits per heavy atom. The first-order valence-electron chi connectivity index (χ1n) is 9.43. The quantitative estimate of drug-likeness (QED) is 0.572. The van der Waals surface area contributed by atoms with Crippen LogP contribution in [-0.2, 0) is 11.8 Å². The number of pyridine rings is 2. The van der Waals surface area contributed by atoms with Gasteiger partial charge in [0, 0.05) is 42.3 Å². The van der Waals surface area contributed by atoms with Crippen LogP contribution in [0, 0.1) is 12.8 Å². The highest BCUT2D eigenvalue weighted by Crippen LogP contribution is 2.40. The van der Waals surface area contributed by atoms with Crippen LogP contribution in [0.1, 0.15) is 29.4 Å². The van der Waals surface area contributed by atoms with Gasteiger partial charge in [0.2, 0.25) is 0 Å². The third kappa shape index (κ3) is 2.88. The summed E-state index contributed by atoms with van der Waals surface area (Å²) in [6.07, 6.45) is 3.15. The number of aryl methyl sites for hydroxylation is 2. The zero-order chi connectivity index (χ0) is 19.3. The molecule has 0 aliphatic carbocycles. The van der Waals surface area contributed by atoms with E-state index >= 15 is 0 Å². The lowest BCUT2D eigenvalue weighted by Gasteiger charge is -2.26. The van der Waals surface area contributed by atoms with E-state index in [0.717, 1.165) is 69.1 Å². The highest BCUT2D eigenvalue weighted by molar-refractivity contribution is 7.18. The predicted molar refractivity (Wildman–Crippen MR) is 108 cm³/mol. The van der Waals surface area contributed by atoms with Gasteiger partial charge in [0.05, 0.1) is 11.8 Å². The number of rotatable bonds is 3. The number of fused-ring (bicyclic) bond motifs is 2. The molecule has 1 aliphatic heterocycles. The molecular weight excluding hydrogens is 374 g/mol. The SMILES string of the molecule is Cc1c([C@@H](O)C2CCOCC2)sc2nc(-c3cnc4c(c3)nnn4C)ccc12. The van der Waals surface area contributed by atoms with Crippen LogP contribution >= 0.6 is 11.3 Å². The van der Waals surface area contributed by atoms with Crippen LogP contribution in [-0.4, -0.2) is 43.3 Å². The molecule has 0 aromatic carbocycles. The largest absolute Gasteiger partial charge is 0.387 e. The Labute approximate surface area is 166 Å². The molecule has 0 saturated carbocycles. The number of nitrogens with zero attached hydrogens (tertiary/aromatic N) is 5. The van der Waals surface area contributed by atoms with Crippen LogP contribution in [0.3, 0.4) is 0 Å². The first kappa shape index (κ1) is 17.7. The third-order valence-corrected chi connectivity index (χ3v) is 6.83. The first-order chi connectivity index (χ1) is 13.6. The topological polar surface area (TPSA) is 85.9 Å². The van der Waals surface area contributed by atoms with Gasteiger partial charge in [-0.1, -0.05) is 5.21 Å². The number of hydrogen-bond acceptors (Lipinski definition) is 7. The normalized spacial score (nSPS) is 16.8. The summed E-state index contributed by atoms with van der Waals surface area (Å²) in [5, 5.41) is 20.2. The molecule has 4 aromatic heterocycles. The van der Waals surface area contributed by atoms with Crippen molar-refractivity contribution in [3.63, 3.8) is 0 Å². The maximum Gasteiger partial charge on any atom is 0.178 e. The highest BCUT2D eigenvalue weighted by Gasteiger charge is 2.27. The van der Waals surface area contributed by atoms with Gasteiger partial charge >= 0.3 is 0 Å². The molecule has 1 N–H and O–H groups in total. The highest BCUT2D eigenvalue weighted by atomic mass is 32.1. The summed E-state index contributed by atoms with van der Waals surface area (Å²) in [6.45, 7) is 3.53. The average molecular weight is 395 g/mol. The van der Waals surface area contributed by atoms with Gasteiger partial charge in [-0.2, -0.15) is 0 Å². The van der Waals surface area contributed by atoms with Crippen molar-refractivity contribution in [2.75, 3.05) is 13.2 Å². The lowest BCUT2D eigenvalue weighted by molar-refractivity contribution is 0.00837. The van der Waals surface area contributed by atoms with Crippen LogP contribution in [0.2, 0.25) is 0 Å². The van der Waals surface area contributed by atoms with Crippen LogP contribution in [0.5, 0.6) is 0 Å². The molecule has 8 heteroatoms. The maximum atomic E-state index is 10.9. The monoisotopic (exact) mass is 395 g/mol. The van der Waals surface area contributed by atoms with E-state index in [4.69, 9.17) is 9.72 Å². The van der Waals surface area contributed by atoms with Crippen molar-refractivity contribution in [3.05, 3.63) is 34.8 Å². The van der Waals surface area contributed by atoms with E-state index in [9.17, 15) is 5.11 Å². The minimum absolute atomic E-state index is 0.253. The standard InChI is InChI=1S/C20H21N5O2S/c1-11-14-3-4-15(13-9-16-19(21-10-13)25(2)24-23-16)22-20(14)28-18(11)17(26)12-5-7-27-8-6-12/h3-4,9-10,12,17,26H,5-8H2,1-2H3/t17-/m0/s1. The molecule has 28 heavy (non-hydrogen) atoms. The van der Waals surface area contributed by atoms with Crippen LogP contribution in [0.15, 0.2) is 24.4 Å². The Hall–Kier alpha value is -2.42. The molecule has 0 unspecified atom stereocenters. The molecule has 0 amide bonds. The summed E-state index contributed by atoms with van der Waals surface area (Å²) < 4.78 is 7.09. The number of aliphatic hydroxyl groups is 1. The molecule has 7 nitrogen and oxygen atoms in total. The van der Waals surface area contributed by atoms with Gasteiger partial charge in [0.1, 0.15) is 10.3 Å². The van der Waals surface area contributed by atoms with Crippen molar-refractivity contribution in [1.29, 1.82) is 0 Å². The van der Waals surface area contributed by atoms with Gasteiger partial charge in [0.15, 0.2) is 5.65 Å². The smallest absolute Gasteiger partial charge is 0.178 e. The first-order valence-corrected chi connectivity index (χ1v) is 10.2. The molecule has 1 atom stereocenters. The Morgan fingerprint density at radius 3 is 2.93 bits per heavy atom. The minimum atomic E-state index is -0.454. The fourth-order valence-electron chi connectivity index (χ4n) is 3.87. The minimum Gasteiger partial charge on any atom is -0.387 e. The van der Waals surface area contributed by atoms with Crippen molar-refractivity contribution in [3.8, 4) is 11.3 Å². The van der Waals surface area contributed by atoms with E-state index in [0.29, 0.717) is 0 Å². The number of hydrogen-bond donors (Lipinski definition) is 1.